The van der Waals surface area contributed by atoms with Gasteiger partial charge in [0.25, 0.3) is 0 Å². The summed E-state index contributed by atoms with van der Waals surface area (Å²) < 4.78 is 1.92. The zero-order chi connectivity index (χ0) is 17.9. The Morgan fingerprint density at radius 3 is 3.00 bits per heavy atom. The van der Waals surface area contributed by atoms with Crippen LogP contribution in [0.4, 0.5) is 0 Å². The molecule has 3 aromatic heterocycles. The van der Waals surface area contributed by atoms with Crippen LogP contribution in [0, 0.1) is 5.92 Å². The number of nitrogens with zero attached hydrogens (tertiary/aromatic N) is 6. The van der Waals surface area contributed by atoms with Gasteiger partial charge in [0, 0.05) is 38.6 Å². The molecule has 0 spiro atoms. The molecule has 0 N–H and O–H groups in total. The van der Waals surface area contributed by atoms with Crippen LogP contribution in [0.5, 0.6) is 0 Å². The molecule has 1 aliphatic rings. The Kier molecular flexibility index (Phi) is 4.60. The molecule has 0 aromatic carbocycles. The maximum atomic E-state index is 11.6. The molecule has 4 rings (SSSR count). The van der Waals surface area contributed by atoms with Gasteiger partial charge in [0.15, 0.2) is 0 Å². The number of imidazole rings is 1. The van der Waals surface area contributed by atoms with Crippen LogP contribution < -0.4 is 0 Å². The lowest BCUT2D eigenvalue weighted by atomic mass is 9.95. The standard InChI is InChI=1S/C19H22N6O/c1-14(26)24-7-2-4-15(5-9-24)10-16-11-20-12-17(23-16)18-13-22-19-21-6-3-8-25(18)19/h3,6,8,11-13,15H,2,4-5,7,9-10H2,1H3. The average Bonchev–Trinajstić information content (AvgIpc) is 2.94. The van der Waals surface area contributed by atoms with E-state index in [0.29, 0.717) is 11.7 Å². The van der Waals surface area contributed by atoms with E-state index in [9.17, 15) is 4.79 Å². The third-order valence-corrected chi connectivity index (χ3v) is 5.03. The van der Waals surface area contributed by atoms with E-state index in [1.54, 1.807) is 25.5 Å². The molecule has 1 atom stereocenters. The number of likely N-dealkylation sites (tertiary alicyclic amines) is 1. The fourth-order valence-electron chi connectivity index (χ4n) is 3.63. The zero-order valence-corrected chi connectivity index (χ0v) is 14.9. The summed E-state index contributed by atoms with van der Waals surface area (Å²) in [5.41, 5.74) is 2.69. The number of fused-ring (bicyclic) bond motifs is 1. The van der Waals surface area contributed by atoms with E-state index in [4.69, 9.17) is 4.98 Å². The second kappa shape index (κ2) is 7.19. The molecular weight excluding hydrogens is 328 g/mol. The number of carbonyl (C=O) groups is 1. The average molecular weight is 350 g/mol. The summed E-state index contributed by atoms with van der Waals surface area (Å²) in [4.78, 5) is 31.3. The number of carbonyl (C=O) groups excluding carboxylic acids is 1. The molecule has 1 aliphatic heterocycles. The predicted octanol–water partition coefficient (Wildman–Crippen LogP) is 2.38. The summed E-state index contributed by atoms with van der Waals surface area (Å²) in [6, 6.07) is 1.88. The Morgan fingerprint density at radius 1 is 1.19 bits per heavy atom. The normalized spacial score (nSPS) is 18.0. The van der Waals surface area contributed by atoms with E-state index in [1.165, 1.54) is 0 Å². The van der Waals surface area contributed by atoms with Crippen molar-refractivity contribution >= 4 is 11.7 Å². The zero-order valence-electron chi connectivity index (χ0n) is 14.9. The van der Waals surface area contributed by atoms with E-state index in [2.05, 4.69) is 15.0 Å². The van der Waals surface area contributed by atoms with Crippen molar-refractivity contribution in [3.05, 3.63) is 42.7 Å². The van der Waals surface area contributed by atoms with Gasteiger partial charge in [-0.1, -0.05) is 0 Å². The molecule has 0 saturated carbocycles. The van der Waals surface area contributed by atoms with Crippen molar-refractivity contribution in [1.29, 1.82) is 0 Å². The monoisotopic (exact) mass is 350 g/mol. The number of hydrogen-bond donors (Lipinski definition) is 0. The fraction of sp³-hybridized carbons (Fsp3) is 0.421. The molecule has 1 fully saturated rings. The summed E-state index contributed by atoms with van der Waals surface area (Å²) in [7, 11) is 0. The lowest BCUT2D eigenvalue weighted by Crippen LogP contribution is -2.29. The second-order valence-electron chi connectivity index (χ2n) is 6.84. The third kappa shape index (κ3) is 3.42. The van der Waals surface area contributed by atoms with Crippen LogP contribution in [0.1, 0.15) is 31.9 Å². The molecular formula is C19H22N6O. The lowest BCUT2D eigenvalue weighted by molar-refractivity contribution is -0.128. The van der Waals surface area contributed by atoms with Crippen LogP contribution in [0.3, 0.4) is 0 Å². The first kappa shape index (κ1) is 16.6. The minimum Gasteiger partial charge on any atom is -0.343 e. The van der Waals surface area contributed by atoms with Gasteiger partial charge < -0.3 is 4.90 Å². The van der Waals surface area contributed by atoms with Crippen molar-refractivity contribution in [3.8, 4) is 11.4 Å². The molecule has 1 saturated heterocycles. The minimum atomic E-state index is 0.175. The molecule has 7 heteroatoms. The minimum absolute atomic E-state index is 0.175. The number of aromatic nitrogens is 5. The van der Waals surface area contributed by atoms with E-state index >= 15 is 0 Å². The molecule has 7 nitrogen and oxygen atoms in total. The highest BCUT2D eigenvalue weighted by Gasteiger charge is 2.19. The molecule has 1 amide bonds. The van der Waals surface area contributed by atoms with Crippen LogP contribution in [0.25, 0.3) is 17.2 Å². The van der Waals surface area contributed by atoms with Gasteiger partial charge in [-0.05, 0) is 37.7 Å². The quantitative estimate of drug-likeness (QED) is 0.725. The Labute approximate surface area is 152 Å². The van der Waals surface area contributed by atoms with Crippen molar-refractivity contribution in [2.75, 3.05) is 13.1 Å². The maximum Gasteiger partial charge on any atom is 0.234 e. The Balaban J connectivity index is 1.52. The molecule has 0 bridgehead atoms. The summed E-state index contributed by atoms with van der Waals surface area (Å²) in [5, 5.41) is 0. The van der Waals surface area contributed by atoms with Crippen molar-refractivity contribution in [1.82, 2.24) is 29.2 Å². The van der Waals surface area contributed by atoms with Gasteiger partial charge in [0.1, 0.15) is 5.69 Å². The maximum absolute atomic E-state index is 11.6. The van der Waals surface area contributed by atoms with Crippen LogP contribution in [0.15, 0.2) is 37.1 Å². The highest BCUT2D eigenvalue weighted by Crippen LogP contribution is 2.23. The van der Waals surface area contributed by atoms with Crippen molar-refractivity contribution in [2.24, 2.45) is 5.92 Å². The molecule has 134 valence electrons. The first-order chi connectivity index (χ1) is 12.7. The lowest BCUT2D eigenvalue weighted by Gasteiger charge is -2.18. The first-order valence-electron chi connectivity index (χ1n) is 9.05. The van der Waals surface area contributed by atoms with Gasteiger partial charge in [-0.2, -0.15) is 0 Å². The molecule has 3 aromatic rings. The highest BCUT2D eigenvalue weighted by molar-refractivity contribution is 5.73. The fourth-order valence-corrected chi connectivity index (χ4v) is 3.63. The van der Waals surface area contributed by atoms with Crippen molar-refractivity contribution in [3.63, 3.8) is 0 Å². The van der Waals surface area contributed by atoms with E-state index in [0.717, 1.165) is 55.9 Å². The molecule has 4 heterocycles. The number of hydrogen-bond acceptors (Lipinski definition) is 5. The highest BCUT2D eigenvalue weighted by atomic mass is 16.2. The van der Waals surface area contributed by atoms with Crippen LogP contribution in [0.2, 0.25) is 0 Å². The van der Waals surface area contributed by atoms with Crippen LogP contribution >= 0.6 is 0 Å². The summed E-state index contributed by atoms with van der Waals surface area (Å²) in [5.74, 6) is 1.37. The van der Waals surface area contributed by atoms with Gasteiger partial charge in [-0.15, -0.1) is 0 Å². The Bertz CT molecular complexity index is 921. The van der Waals surface area contributed by atoms with Gasteiger partial charge in [-0.3, -0.25) is 14.2 Å². The second-order valence-corrected chi connectivity index (χ2v) is 6.84. The number of amides is 1. The summed E-state index contributed by atoms with van der Waals surface area (Å²) in [6.45, 7) is 3.36. The Hall–Kier alpha value is -2.83. The van der Waals surface area contributed by atoms with Crippen molar-refractivity contribution < 1.29 is 4.79 Å². The van der Waals surface area contributed by atoms with Crippen molar-refractivity contribution in [2.45, 2.75) is 32.6 Å². The SMILES string of the molecule is CC(=O)N1CCCC(Cc2cncc(-c3cnc4ncccn34)n2)CC1. The summed E-state index contributed by atoms with van der Waals surface area (Å²) >= 11 is 0. The molecule has 1 unspecified atom stereocenters. The van der Waals surface area contributed by atoms with E-state index in [1.807, 2.05) is 27.8 Å². The van der Waals surface area contributed by atoms with Gasteiger partial charge in [0.05, 0.1) is 23.8 Å². The number of rotatable bonds is 3. The van der Waals surface area contributed by atoms with Gasteiger partial charge in [0.2, 0.25) is 11.7 Å². The summed E-state index contributed by atoms with van der Waals surface area (Å²) in [6.07, 6.45) is 13.1. The van der Waals surface area contributed by atoms with E-state index in [-0.39, 0.29) is 5.91 Å². The van der Waals surface area contributed by atoms with E-state index < -0.39 is 0 Å². The molecule has 0 radical (unpaired) electrons. The first-order valence-corrected chi connectivity index (χ1v) is 9.05. The van der Waals surface area contributed by atoms with Crippen LogP contribution in [-0.2, 0) is 11.2 Å². The predicted molar refractivity (Wildman–Crippen MR) is 97.3 cm³/mol. The molecule has 26 heavy (non-hydrogen) atoms. The topological polar surface area (TPSA) is 76.3 Å². The van der Waals surface area contributed by atoms with Gasteiger partial charge in [-0.25, -0.2) is 15.0 Å². The third-order valence-electron chi connectivity index (χ3n) is 5.03. The van der Waals surface area contributed by atoms with Gasteiger partial charge >= 0.3 is 0 Å². The Morgan fingerprint density at radius 2 is 2.12 bits per heavy atom. The largest absolute Gasteiger partial charge is 0.343 e. The molecule has 0 aliphatic carbocycles. The van der Waals surface area contributed by atoms with Crippen LogP contribution in [-0.4, -0.2) is 48.2 Å². The smallest absolute Gasteiger partial charge is 0.234 e.